The third-order valence-corrected chi connectivity index (χ3v) is 9.16. The van der Waals surface area contributed by atoms with Crippen molar-refractivity contribution in [2.45, 2.75) is 50.5 Å². The Bertz CT molecular complexity index is 1420. The fraction of sp³-hybridized carbons (Fsp3) is 0.481. The number of hydrogen-bond donors (Lipinski definition) is 2. The molecule has 2 fully saturated rings. The number of carbonyl (C=O) groups excluding carboxylic acids is 1. The SMILES string of the molecule is Cn1c(=O)ccc2cc(C(CC3CC3)C3(C(=O)NCc4cc(C(F)(F)F)cc(C(F)(F)F)c4)CCNC3)sc21. The first-order chi connectivity index (χ1) is 18.3. The number of amides is 1. The van der Waals surface area contributed by atoms with Crippen molar-refractivity contribution in [1.29, 1.82) is 0 Å². The number of hydrogen-bond acceptors (Lipinski definition) is 4. The van der Waals surface area contributed by atoms with Gasteiger partial charge in [0.2, 0.25) is 5.91 Å². The van der Waals surface area contributed by atoms with Gasteiger partial charge in [-0.05, 0) is 61.2 Å². The zero-order valence-corrected chi connectivity index (χ0v) is 21.8. The lowest BCUT2D eigenvalue weighted by Gasteiger charge is -2.35. The lowest BCUT2D eigenvalue weighted by Crippen LogP contribution is -2.46. The maximum Gasteiger partial charge on any atom is 0.416 e. The molecule has 39 heavy (non-hydrogen) atoms. The quantitative estimate of drug-likeness (QED) is 0.352. The minimum absolute atomic E-state index is 0.0775. The summed E-state index contributed by atoms with van der Waals surface area (Å²) in [5.74, 6) is -0.192. The van der Waals surface area contributed by atoms with E-state index < -0.39 is 41.3 Å². The lowest BCUT2D eigenvalue weighted by molar-refractivity contribution is -0.143. The highest BCUT2D eigenvalue weighted by molar-refractivity contribution is 7.18. The van der Waals surface area contributed by atoms with Gasteiger partial charge in [-0.15, -0.1) is 11.3 Å². The molecule has 2 atom stereocenters. The molecule has 2 aromatic heterocycles. The van der Waals surface area contributed by atoms with Crippen LogP contribution in [0, 0.1) is 11.3 Å². The zero-order valence-electron chi connectivity index (χ0n) is 21.0. The minimum Gasteiger partial charge on any atom is -0.351 e. The van der Waals surface area contributed by atoms with E-state index in [1.54, 1.807) is 17.7 Å². The van der Waals surface area contributed by atoms with Crippen LogP contribution < -0.4 is 16.2 Å². The largest absolute Gasteiger partial charge is 0.416 e. The number of rotatable bonds is 7. The summed E-state index contributed by atoms with van der Waals surface area (Å²) in [5, 5.41) is 6.79. The predicted molar refractivity (Wildman–Crippen MR) is 135 cm³/mol. The lowest BCUT2D eigenvalue weighted by atomic mass is 9.70. The number of carbonyl (C=O) groups is 1. The van der Waals surface area contributed by atoms with Crippen molar-refractivity contribution in [1.82, 2.24) is 15.2 Å². The van der Waals surface area contributed by atoms with Crippen LogP contribution in [0.25, 0.3) is 10.2 Å². The van der Waals surface area contributed by atoms with E-state index in [9.17, 15) is 35.9 Å². The number of alkyl halides is 6. The van der Waals surface area contributed by atoms with Crippen LogP contribution in [-0.2, 0) is 30.7 Å². The molecule has 1 saturated heterocycles. The third kappa shape index (κ3) is 5.58. The van der Waals surface area contributed by atoms with Gasteiger partial charge in [-0.25, -0.2) is 0 Å². The molecule has 3 aromatic rings. The van der Waals surface area contributed by atoms with Crippen molar-refractivity contribution in [2.24, 2.45) is 18.4 Å². The van der Waals surface area contributed by atoms with E-state index in [1.807, 2.05) is 6.07 Å². The molecule has 0 radical (unpaired) electrons. The van der Waals surface area contributed by atoms with E-state index in [2.05, 4.69) is 10.6 Å². The highest BCUT2D eigenvalue weighted by atomic mass is 32.1. The molecule has 2 N–H and O–H groups in total. The first-order valence-corrected chi connectivity index (χ1v) is 13.5. The van der Waals surface area contributed by atoms with E-state index in [4.69, 9.17) is 0 Å². The number of pyridine rings is 1. The molecule has 1 aliphatic heterocycles. The summed E-state index contributed by atoms with van der Waals surface area (Å²) < 4.78 is 81.5. The summed E-state index contributed by atoms with van der Waals surface area (Å²) in [6.45, 7) is 0.421. The molecule has 0 spiro atoms. The molecular formula is C27H27F6N3O2S. The molecule has 1 aromatic carbocycles. The Labute approximate surface area is 224 Å². The molecule has 2 unspecified atom stereocenters. The van der Waals surface area contributed by atoms with E-state index in [0.717, 1.165) is 34.4 Å². The van der Waals surface area contributed by atoms with Crippen LogP contribution in [0.5, 0.6) is 0 Å². The molecule has 1 aliphatic carbocycles. The summed E-state index contributed by atoms with van der Waals surface area (Å²) in [6.07, 6.45) is -6.65. The topological polar surface area (TPSA) is 63.1 Å². The highest BCUT2D eigenvalue weighted by Gasteiger charge is 2.50. The number of nitrogens with one attached hydrogen (secondary N) is 2. The number of fused-ring (bicyclic) bond motifs is 1. The Morgan fingerprint density at radius 2 is 1.77 bits per heavy atom. The normalized spacial score (nSPS) is 20.9. The maximum atomic E-state index is 13.8. The number of aryl methyl sites for hydroxylation is 1. The Balaban J connectivity index is 1.47. The Hall–Kier alpha value is -2.86. The van der Waals surface area contributed by atoms with Gasteiger partial charge in [-0.1, -0.05) is 12.8 Å². The Kier molecular flexibility index (Phi) is 7.07. The van der Waals surface area contributed by atoms with Gasteiger partial charge in [0.25, 0.3) is 5.56 Å². The Morgan fingerprint density at radius 1 is 1.10 bits per heavy atom. The summed E-state index contributed by atoms with van der Waals surface area (Å²) in [7, 11) is 1.69. The second-order valence-electron chi connectivity index (χ2n) is 10.6. The molecule has 1 amide bonds. The first kappa shape index (κ1) is 27.7. The van der Waals surface area contributed by atoms with E-state index in [0.29, 0.717) is 37.6 Å². The van der Waals surface area contributed by atoms with Crippen molar-refractivity contribution in [3.63, 3.8) is 0 Å². The highest BCUT2D eigenvalue weighted by Crippen LogP contribution is 2.51. The van der Waals surface area contributed by atoms with Crippen LogP contribution in [0.4, 0.5) is 26.3 Å². The number of halogens is 6. The van der Waals surface area contributed by atoms with Gasteiger partial charge in [-0.2, -0.15) is 26.3 Å². The molecular weight excluding hydrogens is 544 g/mol. The van der Waals surface area contributed by atoms with Crippen LogP contribution >= 0.6 is 11.3 Å². The predicted octanol–water partition coefficient (Wildman–Crippen LogP) is 5.82. The number of benzene rings is 1. The zero-order chi connectivity index (χ0) is 28.2. The third-order valence-electron chi connectivity index (χ3n) is 7.82. The van der Waals surface area contributed by atoms with E-state index in [-0.39, 0.29) is 23.1 Å². The molecule has 2 aliphatic rings. The second-order valence-corrected chi connectivity index (χ2v) is 11.6. The fourth-order valence-corrected chi connectivity index (χ4v) is 6.83. The van der Waals surface area contributed by atoms with Gasteiger partial charge in [0.1, 0.15) is 4.83 Å². The van der Waals surface area contributed by atoms with Gasteiger partial charge in [0, 0.05) is 42.4 Å². The van der Waals surface area contributed by atoms with Gasteiger partial charge in [0.05, 0.1) is 16.5 Å². The molecule has 12 heteroatoms. The van der Waals surface area contributed by atoms with Gasteiger partial charge in [-0.3, -0.25) is 9.59 Å². The van der Waals surface area contributed by atoms with E-state index >= 15 is 0 Å². The molecule has 210 valence electrons. The number of aromatic nitrogens is 1. The maximum absolute atomic E-state index is 13.8. The number of nitrogens with zero attached hydrogens (tertiary/aromatic N) is 1. The molecule has 5 nitrogen and oxygen atoms in total. The summed E-state index contributed by atoms with van der Waals surface area (Å²) in [4.78, 5) is 27.7. The van der Waals surface area contributed by atoms with Crippen molar-refractivity contribution in [2.75, 3.05) is 13.1 Å². The average molecular weight is 572 g/mol. The van der Waals surface area contributed by atoms with Crippen molar-refractivity contribution in [3.8, 4) is 0 Å². The van der Waals surface area contributed by atoms with Gasteiger partial charge in [0.15, 0.2) is 0 Å². The van der Waals surface area contributed by atoms with Crippen LogP contribution in [0.2, 0.25) is 0 Å². The van der Waals surface area contributed by atoms with Gasteiger partial charge < -0.3 is 15.2 Å². The fourth-order valence-electron chi connectivity index (χ4n) is 5.48. The number of thiophene rings is 1. The molecule has 5 rings (SSSR count). The van der Waals surface area contributed by atoms with Crippen LogP contribution in [-0.4, -0.2) is 23.6 Å². The Morgan fingerprint density at radius 3 is 2.33 bits per heavy atom. The molecule has 3 heterocycles. The second kappa shape index (κ2) is 9.96. The summed E-state index contributed by atoms with van der Waals surface area (Å²) >= 11 is 1.45. The van der Waals surface area contributed by atoms with Crippen molar-refractivity contribution < 1.29 is 31.1 Å². The van der Waals surface area contributed by atoms with Crippen LogP contribution in [0.3, 0.4) is 0 Å². The monoisotopic (exact) mass is 571 g/mol. The minimum atomic E-state index is -4.97. The summed E-state index contributed by atoms with van der Waals surface area (Å²) in [5.41, 5.74) is -4.19. The van der Waals surface area contributed by atoms with Crippen molar-refractivity contribution in [3.05, 3.63) is 68.3 Å². The standard InChI is InChI=1S/C27H27F6N3O2S/c1-36-22(37)5-4-17-11-21(39-23(17)36)20(10-15-2-3-15)25(6-7-34-14-25)24(38)35-13-16-8-18(26(28,29)30)12-19(9-16)27(31,32)33/h4-5,8-9,11-12,15,20,34H,2-3,6-7,10,13-14H2,1H3,(H,35,38). The van der Waals surface area contributed by atoms with E-state index in [1.165, 1.54) is 17.4 Å². The van der Waals surface area contributed by atoms with Crippen molar-refractivity contribution >= 4 is 27.5 Å². The average Bonchev–Trinajstić information content (AvgIpc) is 3.37. The van der Waals surface area contributed by atoms with Crippen LogP contribution in [0.1, 0.15) is 53.2 Å². The summed E-state index contributed by atoms with van der Waals surface area (Å²) in [6, 6.07) is 6.58. The van der Waals surface area contributed by atoms with Gasteiger partial charge >= 0.3 is 12.4 Å². The molecule has 1 saturated carbocycles. The first-order valence-electron chi connectivity index (χ1n) is 12.6. The van der Waals surface area contributed by atoms with Crippen LogP contribution in [0.15, 0.2) is 41.2 Å². The smallest absolute Gasteiger partial charge is 0.351 e. The molecule has 0 bridgehead atoms.